The Morgan fingerprint density at radius 1 is 1.36 bits per heavy atom. The highest BCUT2D eigenvalue weighted by atomic mass is 32.2. The van der Waals surface area contributed by atoms with Crippen LogP contribution in [0.1, 0.15) is 47.0 Å². The Kier molecular flexibility index (Phi) is 3.81. The first-order valence-corrected chi connectivity index (χ1v) is 9.41. The lowest BCUT2D eigenvalue weighted by atomic mass is 9.91. The van der Waals surface area contributed by atoms with Crippen LogP contribution < -0.4 is 0 Å². The van der Waals surface area contributed by atoms with Crippen molar-refractivity contribution in [1.29, 1.82) is 0 Å². The summed E-state index contributed by atoms with van der Waals surface area (Å²) >= 11 is 0. The second kappa shape index (κ2) is 5.18. The standard InChI is InChI=1S/C15H24O6S/c1-5-15(3,4)14(16)20-8(2)19-12-9-6-10-11(7-9)22(17,18)21-13(10)12/h8-13H,5-7H2,1-4H3. The molecule has 1 aliphatic heterocycles. The fourth-order valence-corrected chi connectivity index (χ4v) is 5.65. The Labute approximate surface area is 131 Å². The molecule has 0 aromatic rings. The van der Waals surface area contributed by atoms with Gasteiger partial charge in [0.25, 0.3) is 10.1 Å². The molecular formula is C15H24O6S. The zero-order valence-corrected chi connectivity index (χ0v) is 14.3. The molecule has 3 aliphatic rings. The van der Waals surface area contributed by atoms with Crippen molar-refractivity contribution in [3.63, 3.8) is 0 Å². The zero-order valence-electron chi connectivity index (χ0n) is 13.4. The van der Waals surface area contributed by atoms with Gasteiger partial charge in [0.2, 0.25) is 6.29 Å². The molecule has 6 nitrogen and oxygen atoms in total. The number of fused-ring (bicyclic) bond motifs is 1. The molecule has 0 amide bonds. The lowest BCUT2D eigenvalue weighted by molar-refractivity contribution is -0.205. The van der Waals surface area contributed by atoms with E-state index in [9.17, 15) is 13.2 Å². The highest BCUT2D eigenvalue weighted by molar-refractivity contribution is 7.87. The number of hydrogen-bond acceptors (Lipinski definition) is 6. The van der Waals surface area contributed by atoms with Crippen molar-refractivity contribution in [1.82, 2.24) is 0 Å². The van der Waals surface area contributed by atoms with E-state index < -0.39 is 27.9 Å². The van der Waals surface area contributed by atoms with Gasteiger partial charge in [0.1, 0.15) is 6.10 Å². The van der Waals surface area contributed by atoms with Crippen LogP contribution in [0.3, 0.4) is 0 Å². The van der Waals surface area contributed by atoms with E-state index in [4.69, 9.17) is 13.7 Å². The van der Waals surface area contributed by atoms with Gasteiger partial charge in [0.15, 0.2) is 0 Å². The number of carbonyl (C=O) groups excluding carboxylic acids is 1. The highest BCUT2D eigenvalue weighted by Gasteiger charge is 2.64. The minimum Gasteiger partial charge on any atom is -0.436 e. The molecule has 6 unspecified atom stereocenters. The molecule has 3 rings (SSSR count). The second-order valence-corrected chi connectivity index (χ2v) is 9.08. The summed E-state index contributed by atoms with van der Waals surface area (Å²) in [5, 5.41) is -0.362. The number of carbonyl (C=O) groups is 1. The van der Waals surface area contributed by atoms with Crippen LogP contribution >= 0.6 is 0 Å². The number of ether oxygens (including phenoxy) is 2. The third kappa shape index (κ3) is 2.47. The smallest absolute Gasteiger partial charge is 0.313 e. The van der Waals surface area contributed by atoms with E-state index in [0.717, 1.165) is 6.42 Å². The van der Waals surface area contributed by atoms with Gasteiger partial charge < -0.3 is 9.47 Å². The average molecular weight is 332 g/mol. The Morgan fingerprint density at radius 2 is 2.05 bits per heavy atom. The summed E-state index contributed by atoms with van der Waals surface area (Å²) < 4.78 is 40.2. The Bertz CT molecular complexity index is 569. The minimum absolute atomic E-state index is 0.0370. The fourth-order valence-electron chi connectivity index (χ4n) is 3.77. The molecule has 0 N–H and O–H groups in total. The lowest BCUT2D eigenvalue weighted by Gasteiger charge is -2.29. The normalized spacial score (nSPS) is 39.9. The Hall–Kier alpha value is -0.660. The van der Waals surface area contributed by atoms with Gasteiger partial charge in [-0.15, -0.1) is 0 Å². The highest BCUT2D eigenvalue weighted by Crippen LogP contribution is 2.55. The molecule has 126 valence electrons. The molecule has 0 radical (unpaired) electrons. The molecule has 1 saturated heterocycles. The molecule has 22 heavy (non-hydrogen) atoms. The lowest BCUT2D eigenvalue weighted by Crippen LogP contribution is -2.40. The van der Waals surface area contributed by atoms with Crippen molar-refractivity contribution in [3.05, 3.63) is 0 Å². The molecule has 0 aromatic heterocycles. The van der Waals surface area contributed by atoms with Gasteiger partial charge in [-0.05, 0) is 46.0 Å². The van der Waals surface area contributed by atoms with Crippen LogP contribution in [0.15, 0.2) is 0 Å². The molecule has 0 spiro atoms. The third-order valence-electron chi connectivity index (χ3n) is 5.47. The summed E-state index contributed by atoms with van der Waals surface area (Å²) in [4.78, 5) is 12.1. The number of rotatable bonds is 5. The van der Waals surface area contributed by atoms with Crippen molar-refractivity contribution in [2.75, 3.05) is 0 Å². The van der Waals surface area contributed by atoms with E-state index >= 15 is 0 Å². The number of hydrogen-bond donors (Lipinski definition) is 0. The van der Waals surface area contributed by atoms with Crippen LogP contribution in [0.5, 0.6) is 0 Å². The molecular weight excluding hydrogens is 308 g/mol. The van der Waals surface area contributed by atoms with Crippen molar-refractivity contribution in [2.24, 2.45) is 17.3 Å². The van der Waals surface area contributed by atoms with Crippen LogP contribution in [0.2, 0.25) is 0 Å². The van der Waals surface area contributed by atoms with E-state index in [1.165, 1.54) is 0 Å². The van der Waals surface area contributed by atoms with E-state index in [2.05, 4.69) is 0 Å². The van der Waals surface area contributed by atoms with Crippen LogP contribution in [-0.2, 0) is 28.6 Å². The molecule has 1 heterocycles. The monoisotopic (exact) mass is 332 g/mol. The zero-order chi connectivity index (χ0) is 16.3. The van der Waals surface area contributed by atoms with E-state index in [0.29, 0.717) is 12.8 Å². The van der Waals surface area contributed by atoms with Gasteiger partial charge in [0, 0.05) is 5.92 Å². The first kappa shape index (κ1) is 16.2. The largest absolute Gasteiger partial charge is 0.436 e. The SMILES string of the molecule is CCC(C)(C)C(=O)OC(C)OC1C2CC3C1OS(=O)(=O)C3C2. The maximum absolute atomic E-state index is 12.1. The summed E-state index contributed by atoms with van der Waals surface area (Å²) in [7, 11) is -3.44. The van der Waals surface area contributed by atoms with Crippen molar-refractivity contribution in [3.8, 4) is 0 Å². The van der Waals surface area contributed by atoms with Gasteiger partial charge >= 0.3 is 5.97 Å². The quantitative estimate of drug-likeness (QED) is 0.434. The maximum atomic E-state index is 12.1. The van der Waals surface area contributed by atoms with Gasteiger partial charge in [0.05, 0.1) is 16.8 Å². The Morgan fingerprint density at radius 3 is 2.68 bits per heavy atom. The van der Waals surface area contributed by atoms with Gasteiger partial charge in [-0.2, -0.15) is 8.42 Å². The summed E-state index contributed by atoms with van der Waals surface area (Å²) in [6, 6.07) is 0. The predicted molar refractivity (Wildman–Crippen MR) is 78.3 cm³/mol. The second-order valence-electron chi connectivity index (χ2n) is 7.30. The van der Waals surface area contributed by atoms with Crippen molar-refractivity contribution < 1.29 is 26.9 Å². The van der Waals surface area contributed by atoms with E-state index in [-0.39, 0.29) is 29.2 Å². The predicted octanol–water partition coefficient (Wildman–Crippen LogP) is 1.83. The summed E-state index contributed by atoms with van der Waals surface area (Å²) in [5.74, 6) is -0.0870. The Balaban J connectivity index is 1.62. The summed E-state index contributed by atoms with van der Waals surface area (Å²) in [6.45, 7) is 7.27. The summed E-state index contributed by atoms with van der Waals surface area (Å²) in [5.41, 5.74) is -0.551. The van der Waals surface area contributed by atoms with Crippen LogP contribution in [0.4, 0.5) is 0 Å². The maximum Gasteiger partial charge on any atom is 0.313 e. The van der Waals surface area contributed by atoms with E-state index in [1.54, 1.807) is 6.92 Å². The van der Waals surface area contributed by atoms with E-state index in [1.807, 2.05) is 20.8 Å². The molecule has 6 atom stereocenters. The number of esters is 1. The molecule has 7 heteroatoms. The fraction of sp³-hybridized carbons (Fsp3) is 0.933. The third-order valence-corrected chi connectivity index (χ3v) is 7.25. The van der Waals surface area contributed by atoms with Gasteiger partial charge in [-0.25, -0.2) is 0 Å². The molecule has 0 aromatic carbocycles. The molecule has 2 bridgehead atoms. The first-order chi connectivity index (χ1) is 10.2. The van der Waals surface area contributed by atoms with Crippen molar-refractivity contribution >= 4 is 16.1 Å². The van der Waals surface area contributed by atoms with Crippen LogP contribution in [-0.4, -0.2) is 38.1 Å². The topological polar surface area (TPSA) is 78.9 Å². The van der Waals surface area contributed by atoms with Gasteiger partial charge in [-0.3, -0.25) is 8.98 Å². The van der Waals surface area contributed by atoms with Crippen LogP contribution in [0.25, 0.3) is 0 Å². The molecule has 3 fully saturated rings. The summed E-state index contributed by atoms with van der Waals surface area (Å²) in [6.07, 6.45) is 0.682. The molecule has 2 aliphatic carbocycles. The average Bonchev–Trinajstić information content (AvgIpc) is 3.02. The minimum atomic E-state index is -3.44. The van der Waals surface area contributed by atoms with Gasteiger partial charge in [-0.1, -0.05) is 6.92 Å². The first-order valence-electron chi connectivity index (χ1n) is 7.94. The van der Waals surface area contributed by atoms with Crippen LogP contribution in [0, 0.1) is 17.3 Å². The molecule has 2 saturated carbocycles. The van der Waals surface area contributed by atoms with Crippen molar-refractivity contribution in [2.45, 2.75) is 70.7 Å².